The second-order valence-corrected chi connectivity index (χ2v) is 44.6. The van der Waals surface area contributed by atoms with Gasteiger partial charge in [0.25, 0.3) is 25.3 Å². The molecule has 0 amide bonds. The Hall–Kier alpha value is -11.6. The summed E-state index contributed by atoms with van der Waals surface area (Å²) in [5.74, 6) is 0. The summed E-state index contributed by atoms with van der Waals surface area (Å²) in [5, 5.41) is 16.5. The van der Waals surface area contributed by atoms with Crippen LogP contribution in [0.2, 0.25) is 0 Å². The van der Waals surface area contributed by atoms with Gasteiger partial charge in [-0.1, -0.05) is 145 Å². The molecule has 0 saturated heterocycles. The van der Waals surface area contributed by atoms with E-state index in [0.717, 1.165) is 73.4 Å². The van der Waals surface area contributed by atoms with Crippen LogP contribution in [0.5, 0.6) is 0 Å². The van der Waals surface area contributed by atoms with Crippen LogP contribution in [0.25, 0.3) is 162 Å². The van der Waals surface area contributed by atoms with Crippen molar-refractivity contribution in [1.29, 1.82) is 0 Å². The van der Waals surface area contributed by atoms with Gasteiger partial charge >= 0.3 is 0 Å². The number of rotatable bonds is 8. The molecule has 694 valence electrons. The van der Waals surface area contributed by atoms with E-state index >= 15 is 0 Å². The van der Waals surface area contributed by atoms with Gasteiger partial charge in [-0.25, -0.2) is 36.5 Å². The zero-order valence-corrected chi connectivity index (χ0v) is 90.5. The molecule has 16 heterocycles. The van der Waals surface area contributed by atoms with Gasteiger partial charge in [0.2, 0.25) is 22.1 Å². The summed E-state index contributed by atoms with van der Waals surface area (Å²) in [6.45, 7) is 37.3. The lowest BCUT2D eigenvalue weighted by molar-refractivity contribution is -0.680. The van der Waals surface area contributed by atoms with Crippen LogP contribution in [0.4, 0.5) is 0 Å². The van der Waals surface area contributed by atoms with Crippen molar-refractivity contribution in [3.8, 4) is 0 Å². The number of benzene rings is 8. The Bertz CT molecular complexity index is 8320. The largest absolute Gasteiger partial charge is 0.286 e. The number of nitrogens with zero attached hydrogens (tertiary/aromatic N) is 12. The second-order valence-electron chi connectivity index (χ2n) is 36.3. The molecular weight excluding hydrogens is 1830 g/mol. The summed E-state index contributed by atoms with van der Waals surface area (Å²) < 4.78 is 39.7. The molecule has 0 aliphatic heterocycles. The van der Waals surface area contributed by atoms with Crippen LogP contribution in [0.3, 0.4) is 0 Å². The van der Waals surface area contributed by atoms with Crippen LogP contribution in [-0.4, -0.2) is 19.9 Å². The van der Waals surface area contributed by atoms with Crippen molar-refractivity contribution >= 4 is 253 Å². The highest BCUT2D eigenvalue weighted by molar-refractivity contribution is 7.29. The van der Waals surface area contributed by atoms with Gasteiger partial charge in [0.1, 0.15) is 88.6 Å². The zero-order chi connectivity index (χ0) is 96.8. The van der Waals surface area contributed by atoms with E-state index in [1.165, 1.54) is 235 Å². The molecule has 24 rings (SSSR count). The van der Waals surface area contributed by atoms with E-state index in [2.05, 4.69) is 419 Å². The van der Waals surface area contributed by atoms with Gasteiger partial charge in [-0.15, -0.1) is 90.7 Å². The zero-order valence-electron chi connectivity index (χ0n) is 84.0. The molecule has 0 fully saturated rings. The van der Waals surface area contributed by atoms with Crippen molar-refractivity contribution in [3.63, 3.8) is 0 Å². The third-order valence-corrected chi connectivity index (χ3v) is 37.1. The Balaban J connectivity index is 0.000000108. The van der Waals surface area contributed by atoms with Crippen LogP contribution in [0, 0.1) is 62.3 Å². The van der Waals surface area contributed by atoms with Gasteiger partial charge in [0.05, 0.1) is 28.2 Å². The summed E-state index contributed by atoms with van der Waals surface area (Å²) in [5.41, 5.74) is 28.0. The molecule has 24 aromatic rings. The smallest absolute Gasteiger partial charge is 0.236 e. The summed E-state index contributed by atoms with van der Waals surface area (Å²) in [4.78, 5) is 18.4. The molecule has 0 spiro atoms. The Morgan fingerprint density at radius 1 is 0.204 bits per heavy atom. The molecular formula is C117H126N12S8+8. The molecule has 0 unspecified atom stereocenters. The summed E-state index contributed by atoms with van der Waals surface area (Å²) in [7, 11) is 16.8. The highest BCUT2D eigenvalue weighted by atomic mass is 32.1. The summed E-state index contributed by atoms with van der Waals surface area (Å²) >= 11 is 15.1. The van der Waals surface area contributed by atoms with Gasteiger partial charge < -0.3 is 0 Å². The van der Waals surface area contributed by atoms with Crippen LogP contribution in [0.15, 0.2) is 214 Å². The van der Waals surface area contributed by atoms with Crippen molar-refractivity contribution in [3.05, 3.63) is 310 Å². The van der Waals surface area contributed by atoms with Crippen molar-refractivity contribution in [1.82, 2.24) is 19.9 Å². The molecule has 0 radical (unpaired) electrons. The minimum atomic E-state index is 1.04. The number of fused-ring (bicyclic) bond motifs is 24. The van der Waals surface area contributed by atoms with Crippen molar-refractivity contribution in [2.45, 2.75) is 169 Å². The fourth-order valence-electron chi connectivity index (χ4n) is 19.5. The molecule has 0 aliphatic carbocycles. The number of thiophene rings is 8. The molecule has 0 aliphatic rings. The molecule has 0 atom stereocenters. The fraction of sp³-hybridized carbons (Fsp3) is 0.282. The Kier molecular flexibility index (Phi) is 29.2. The third-order valence-electron chi connectivity index (χ3n) is 27.0. The van der Waals surface area contributed by atoms with E-state index < -0.39 is 0 Å². The lowest BCUT2D eigenvalue weighted by Crippen LogP contribution is -2.33. The third kappa shape index (κ3) is 18.7. The van der Waals surface area contributed by atoms with Gasteiger partial charge in [-0.05, 0) is 182 Å². The summed E-state index contributed by atoms with van der Waals surface area (Å²) in [6, 6.07) is 59.7. The van der Waals surface area contributed by atoms with Gasteiger partial charge in [-0.2, -0.15) is 0 Å². The number of hydrogen-bond donors (Lipinski definition) is 0. The van der Waals surface area contributed by atoms with Crippen LogP contribution in [0.1, 0.15) is 151 Å². The lowest BCUT2D eigenvalue weighted by Gasteiger charge is -2.00. The van der Waals surface area contributed by atoms with E-state index in [1.54, 1.807) is 0 Å². The average Bonchev–Trinajstić information content (AvgIpc) is 1.62. The molecule has 137 heavy (non-hydrogen) atoms. The Labute approximate surface area is 836 Å². The molecule has 0 saturated carbocycles. The van der Waals surface area contributed by atoms with Gasteiger partial charge in [-0.3, -0.25) is 0 Å². The predicted octanol–water partition coefficient (Wildman–Crippen LogP) is 27.9. The van der Waals surface area contributed by atoms with E-state index in [0.29, 0.717) is 0 Å². The maximum Gasteiger partial charge on any atom is 0.286 e. The first-order valence-corrected chi connectivity index (χ1v) is 54.5. The van der Waals surface area contributed by atoms with Crippen LogP contribution < -0.4 is 36.5 Å². The van der Waals surface area contributed by atoms with E-state index in [4.69, 9.17) is 0 Å². The quantitative estimate of drug-likeness (QED) is 0.142. The normalized spacial score (nSPS) is 11.5. The monoisotopic (exact) mass is 1950 g/mol. The fourth-order valence-corrected chi connectivity index (χ4v) is 30.6. The molecule has 8 aromatic carbocycles. The first-order valence-electron chi connectivity index (χ1n) is 47.9. The number of hydrogen-bond acceptors (Lipinski definition) is 12. The van der Waals surface area contributed by atoms with Gasteiger partial charge in [0.15, 0.2) is 47.6 Å². The highest BCUT2D eigenvalue weighted by Gasteiger charge is 2.26. The molecule has 16 aromatic heterocycles. The second kappa shape index (κ2) is 41.2. The number of pyridine rings is 4. The van der Waals surface area contributed by atoms with Crippen molar-refractivity contribution < 1.29 is 36.5 Å². The maximum absolute atomic E-state index is 4.61. The number of aryl methyl sites for hydroxylation is 25. The van der Waals surface area contributed by atoms with Crippen molar-refractivity contribution in [2.75, 3.05) is 0 Å². The number of aromatic nitrogens is 12. The topological polar surface area (TPSA) is 82.6 Å². The van der Waals surface area contributed by atoms with E-state index in [-0.39, 0.29) is 0 Å². The lowest BCUT2D eigenvalue weighted by atomic mass is 10.1. The molecule has 0 bridgehead atoms. The standard InChI is InChI=1S/C16H18NS.3C15H16NS.4C14H15N2S/c1-5-14-16-13(8-9-17(14)4)12-7-6-10(2)11(3)15(12)18-16;1-4-13-15-11(7-8-16(13)3)12-9-10(2)5-6-14(12)17-15;1-4-13-15-12(7-8-16(13)3)11-6-5-10(2)9-14(11)17-15;1-4-12-15-11(8-9-16(12)3)14-10(2)6-5-7-13(14)17-15;1-4-11-14-13(15-8-16(11)3)10-7-9(2)5-6-12(10)17-14;1-4-11-14-13(15-8-16(11)3)10-6-5-9(2)7-12(10)17-14;1-4-11-14-12(15-8-16(11)3)10-7-5-6-9(2)13(10)17-14;1-4-10-14-13(15-8-16(10)3)12-9(2)6-5-7-11(12)17-14/h6-9H,5H2,1-4H3;3*5-9H,4H2,1-3H3;4*5-8H,4H2,1-3H3/q8*+1. The molecule has 0 N–H and O–H groups in total. The van der Waals surface area contributed by atoms with Crippen LogP contribution in [-0.2, 0) is 108 Å². The van der Waals surface area contributed by atoms with E-state index in [1.807, 2.05) is 116 Å². The maximum atomic E-state index is 4.61. The average molecular weight is 1960 g/mol. The molecule has 20 heteroatoms. The van der Waals surface area contributed by atoms with E-state index in [9.17, 15) is 0 Å². The predicted molar refractivity (Wildman–Crippen MR) is 593 cm³/mol. The minimum Gasteiger partial charge on any atom is -0.236 e. The Morgan fingerprint density at radius 3 is 1.04 bits per heavy atom. The highest BCUT2D eigenvalue weighted by Crippen LogP contribution is 2.44. The van der Waals surface area contributed by atoms with Crippen molar-refractivity contribution in [2.24, 2.45) is 56.4 Å². The van der Waals surface area contributed by atoms with Crippen LogP contribution >= 0.6 is 90.7 Å². The first kappa shape index (κ1) is 97.1. The Morgan fingerprint density at radius 2 is 0.518 bits per heavy atom. The first-order chi connectivity index (χ1) is 66.1. The van der Waals surface area contributed by atoms with Gasteiger partial charge in [0, 0.05) is 178 Å². The molecule has 12 nitrogen and oxygen atoms in total. The summed E-state index contributed by atoms with van der Waals surface area (Å²) in [6.07, 6.45) is 24.9. The SMILES string of the molecule is CCc1c2sc3c(C)c(C)ccc3c2cc[n+]1C.CCc1c2sc3c(C)cccc3c2nc[n+]1C.CCc1c2sc3cc(C)ccc3c2cc[n+]1C.CCc1c2sc3cc(C)ccc3c2nc[n+]1C.CCc1c2sc3ccc(C)cc3c2cc[n+]1C.CCc1c2sc3ccc(C)cc3c2nc[n+]1C.CCc1c2sc3cccc(C)c3c2cc[n+]1C.CCc1c2sc3cccc(C)c3c2nc[n+]1C. The minimum absolute atomic E-state index is 1.04.